The molecule has 1 saturated carbocycles. The zero-order chi connectivity index (χ0) is 18.9. The Morgan fingerprint density at radius 3 is 2.33 bits per heavy atom. The molecular formula is C21H31N3O2S. The summed E-state index contributed by atoms with van der Waals surface area (Å²) in [6.07, 6.45) is 15.9. The topological polar surface area (TPSA) is 64.1 Å². The van der Waals surface area contributed by atoms with Crippen LogP contribution in [-0.4, -0.2) is 28.6 Å². The number of carbonyl (C=O) groups is 1. The lowest BCUT2D eigenvalue weighted by molar-refractivity contribution is 0.0529. The molecule has 1 fully saturated rings. The highest BCUT2D eigenvalue weighted by atomic mass is 32.1. The van der Waals surface area contributed by atoms with Gasteiger partial charge in [0.15, 0.2) is 0 Å². The van der Waals surface area contributed by atoms with Crippen LogP contribution in [0.4, 0.5) is 5.82 Å². The van der Waals surface area contributed by atoms with Crippen LogP contribution in [0.15, 0.2) is 11.7 Å². The molecule has 27 heavy (non-hydrogen) atoms. The zero-order valence-electron chi connectivity index (χ0n) is 16.3. The lowest BCUT2D eigenvalue weighted by Crippen LogP contribution is -2.21. The van der Waals surface area contributed by atoms with Crippen LogP contribution in [-0.2, 0) is 4.74 Å². The molecule has 0 unspecified atom stereocenters. The standard InChI is InChI=1S/C21H31N3O2S/c1-2-26-21(25)17-14-27-20-18(17)19(22-15-23-20)24-16-12-10-8-6-4-3-5-7-9-11-13-16/h14-16H,2-13H2,1H3,(H,22,23,24). The van der Waals surface area contributed by atoms with E-state index in [9.17, 15) is 4.79 Å². The Labute approximate surface area is 165 Å². The van der Waals surface area contributed by atoms with Crippen LogP contribution >= 0.6 is 11.3 Å². The van der Waals surface area contributed by atoms with Gasteiger partial charge in [0.25, 0.3) is 0 Å². The molecule has 3 rings (SSSR count). The summed E-state index contributed by atoms with van der Waals surface area (Å²) in [6, 6.07) is 0.400. The van der Waals surface area contributed by atoms with Crippen molar-refractivity contribution in [3.8, 4) is 0 Å². The van der Waals surface area contributed by atoms with Crippen LogP contribution < -0.4 is 5.32 Å². The Hall–Kier alpha value is -1.69. The smallest absolute Gasteiger partial charge is 0.339 e. The third-order valence-corrected chi connectivity index (χ3v) is 6.20. The molecule has 0 radical (unpaired) electrons. The molecule has 0 spiro atoms. The summed E-state index contributed by atoms with van der Waals surface area (Å²) < 4.78 is 5.22. The second kappa shape index (κ2) is 10.6. The van der Waals surface area contributed by atoms with Crippen LogP contribution in [0.5, 0.6) is 0 Å². The summed E-state index contributed by atoms with van der Waals surface area (Å²) in [5.74, 6) is 0.488. The molecule has 2 heterocycles. The van der Waals surface area contributed by atoms with Crippen molar-refractivity contribution in [1.29, 1.82) is 0 Å². The summed E-state index contributed by atoms with van der Waals surface area (Å²) in [7, 11) is 0. The number of esters is 1. The Bertz CT molecular complexity index is 719. The fourth-order valence-electron chi connectivity index (χ4n) is 3.84. The first-order valence-corrected chi connectivity index (χ1v) is 11.3. The van der Waals surface area contributed by atoms with E-state index in [0.717, 1.165) is 28.9 Å². The minimum absolute atomic E-state index is 0.291. The third kappa shape index (κ3) is 5.64. The van der Waals surface area contributed by atoms with E-state index in [1.165, 1.54) is 69.1 Å². The van der Waals surface area contributed by atoms with Crippen molar-refractivity contribution < 1.29 is 9.53 Å². The molecule has 1 N–H and O–H groups in total. The number of hydrogen-bond acceptors (Lipinski definition) is 6. The van der Waals surface area contributed by atoms with Crippen molar-refractivity contribution >= 4 is 33.3 Å². The summed E-state index contributed by atoms with van der Waals surface area (Å²) in [5, 5.41) is 6.30. The molecular weight excluding hydrogens is 358 g/mol. The van der Waals surface area contributed by atoms with E-state index < -0.39 is 0 Å². The number of fused-ring (bicyclic) bond motifs is 1. The van der Waals surface area contributed by atoms with E-state index in [1.54, 1.807) is 6.33 Å². The minimum Gasteiger partial charge on any atom is -0.462 e. The maximum atomic E-state index is 12.3. The first kappa shape index (κ1) is 20.1. The Balaban J connectivity index is 1.76. The average Bonchev–Trinajstić information content (AvgIpc) is 3.09. The molecule has 0 atom stereocenters. The van der Waals surface area contributed by atoms with Gasteiger partial charge in [-0.05, 0) is 19.8 Å². The van der Waals surface area contributed by atoms with Crippen LogP contribution in [0, 0.1) is 0 Å². The van der Waals surface area contributed by atoms with Crippen LogP contribution in [0.2, 0.25) is 0 Å². The third-order valence-electron chi connectivity index (χ3n) is 5.31. The second-order valence-electron chi connectivity index (χ2n) is 7.37. The lowest BCUT2D eigenvalue weighted by atomic mass is 9.98. The zero-order valence-corrected chi connectivity index (χ0v) is 17.2. The molecule has 2 aromatic rings. The predicted octanol–water partition coefficient (Wildman–Crippen LogP) is 5.95. The Morgan fingerprint density at radius 2 is 1.70 bits per heavy atom. The van der Waals surface area contributed by atoms with Crippen molar-refractivity contribution in [2.45, 2.75) is 83.6 Å². The largest absolute Gasteiger partial charge is 0.462 e. The van der Waals surface area contributed by atoms with E-state index in [0.29, 0.717) is 18.2 Å². The number of ether oxygens (including phenoxy) is 1. The first-order valence-electron chi connectivity index (χ1n) is 10.5. The van der Waals surface area contributed by atoms with Gasteiger partial charge in [-0.15, -0.1) is 11.3 Å². The fourth-order valence-corrected chi connectivity index (χ4v) is 4.72. The second-order valence-corrected chi connectivity index (χ2v) is 8.23. The van der Waals surface area contributed by atoms with Gasteiger partial charge in [-0.25, -0.2) is 14.8 Å². The van der Waals surface area contributed by atoms with Gasteiger partial charge in [-0.3, -0.25) is 0 Å². The number of carbonyl (C=O) groups excluding carboxylic acids is 1. The SMILES string of the molecule is CCOC(=O)c1csc2ncnc(NC3CCCCCCCCCCC3)c12. The predicted molar refractivity (Wildman–Crippen MR) is 112 cm³/mol. The molecule has 1 aliphatic rings. The average molecular weight is 390 g/mol. The maximum Gasteiger partial charge on any atom is 0.339 e. The van der Waals surface area contributed by atoms with Crippen molar-refractivity contribution in [2.24, 2.45) is 0 Å². The highest BCUT2D eigenvalue weighted by Crippen LogP contribution is 2.31. The quantitative estimate of drug-likeness (QED) is 0.654. The highest BCUT2D eigenvalue weighted by molar-refractivity contribution is 7.17. The number of anilines is 1. The maximum absolute atomic E-state index is 12.3. The molecule has 148 valence electrons. The van der Waals surface area contributed by atoms with Gasteiger partial charge in [-0.1, -0.05) is 57.8 Å². The molecule has 0 aromatic carbocycles. The molecule has 1 aliphatic carbocycles. The molecule has 2 aromatic heterocycles. The van der Waals surface area contributed by atoms with Crippen molar-refractivity contribution in [3.05, 3.63) is 17.3 Å². The van der Waals surface area contributed by atoms with Gasteiger partial charge in [-0.2, -0.15) is 0 Å². The number of thiophene rings is 1. The van der Waals surface area contributed by atoms with Crippen LogP contribution in [0.25, 0.3) is 10.2 Å². The lowest BCUT2D eigenvalue weighted by Gasteiger charge is -2.20. The molecule has 6 heteroatoms. The molecule has 5 nitrogen and oxygen atoms in total. The fraction of sp³-hybridized carbons (Fsp3) is 0.667. The van der Waals surface area contributed by atoms with Crippen LogP contribution in [0.3, 0.4) is 0 Å². The normalized spacial score (nSPS) is 17.8. The summed E-state index contributed by atoms with van der Waals surface area (Å²) in [6.45, 7) is 2.20. The summed E-state index contributed by atoms with van der Waals surface area (Å²) in [5.41, 5.74) is 0.577. The number of nitrogens with one attached hydrogen (secondary N) is 1. The highest BCUT2D eigenvalue weighted by Gasteiger charge is 2.20. The van der Waals surface area contributed by atoms with E-state index in [1.807, 2.05) is 12.3 Å². The van der Waals surface area contributed by atoms with Crippen molar-refractivity contribution in [1.82, 2.24) is 9.97 Å². The number of nitrogens with zero attached hydrogens (tertiary/aromatic N) is 2. The number of rotatable bonds is 4. The number of hydrogen-bond donors (Lipinski definition) is 1. The molecule has 0 saturated heterocycles. The van der Waals surface area contributed by atoms with Crippen molar-refractivity contribution in [2.75, 3.05) is 11.9 Å². The van der Waals surface area contributed by atoms with E-state index in [-0.39, 0.29) is 5.97 Å². The molecule has 0 bridgehead atoms. The van der Waals surface area contributed by atoms with Gasteiger partial charge in [0.05, 0.1) is 17.6 Å². The van der Waals surface area contributed by atoms with E-state index in [4.69, 9.17) is 4.74 Å². The van der Waals surface area contributed by atoms with E-state index >= 15 is 0 Å². The van der Waals surface area contributed by atoms with E-state index in [2.05, 4.69) is 15.3 Å². The molecule has 0 aliphatic heterocycles. The van der Waals surface area contributed by atoms with Gasteiger partial charge in [0.2, 0.25) is 0 Å². The first-order chi connectivity index (χ1) is 13.3. The van der Waals surface area contributed by atoms with Gasteiger partial charge >= 0.3 is 5.97 Å². The summed E-state index contributed by atoms with van der Waals surface area (Å²) >= 11 is 1.47. The van der Waals surface area contributed by atoms with Crippen molar-refractivity contribution in [3.63, 3.8) is 0 Å². The van der Waals surface area contributed by atoms with Gasteiger partial charge in [0, 0.05) is 11.4 Å². The molecule has 0 amide bonds. The van der Waals surface area contributed by atoms with Crippen LogP contribution in [0.1, 0.15) is 87.9 Å². The minimum atomic E-state index is -0.291. The summed E-state index contributed by atoms with van der Waals surface area (Å²) in [4.78, 5) is 22.0. The Kier molecular flexibility index (Phi) is 7.87. The monoisotopic (exact) mass is 389 g/mol. The van der Waals surface area contributed by atoms with Gasteiger partial charge in [0.1, 0.15) is 17.0 Å². The Morgan fingerprint density at radius 1 is 1.07 bits per heavy atom. The van der Waals surface area contributed by atoms with Gasteiger partial charge < -0.3 is 10.1 Å². The number of aromatic nitrogens is 2.